The van der Waals surface area contributed by atoms with Crippen LogP contribution in [0, 0.1) is 6.92 Å². The first-order valence-corrected chi connectivity index (χ1v) is 6.79. The summed E-state index contributed by atoms with van der Waals surface area (Å²) >= 11 is 0. The van der Waals surface area contributed by atoms with E-state index in [1.54, 1.807) is 0 Å². The van der Waals surface area contributed by atoms with Gasteiger partial charge in [-0.3, -0.25) is 0 Å². The van der Waals surface area contributed by atoms with Crippen molar-refractivity contribution in [1.82, 2.24) is 0 Å². The summed E-state index contributed by atoms with van der Waals surface area (Å²) in [5.41, 5.74) is 8.16. The van der Waals surface area contributed by atoms with Crippen molar-refractivity contribution in [2.45, 2.75) is 39.5 Å². The second kappa shape index (κ2) is 8.13. The molecule has 0 saturated heterocycles. The molecule has 2 nitrogen and oxygen atoms in total. The van der Waals surface area contributed by atoms with E-state index in [-0.39, 0.29) is 0 Å². The number of anilines is 1. The molecule has 0 bridgehead atoms. The standard InChI is InChI=1S/C15H26N2/c1-3-17(13-7-5-4-6-12-16)15-10-8-14(2)9-11-15/h8-11H,3-7,12-13,16H2,1-2H3. The summed E-state index contributed by atoms with van der Waals surface area (Å²) in [7, 11) is 0. The fourth-order valence-corrected chi connectivity index (χ4v) is 2.03. The molecule has 0 aliphatic rings. The van der Waals surface area contributed by atoms with Crippen molar-refractivity contribution < 1.29 is 0 Å². The molecule has 0 atom stereocenters. The molecule has 1 rings (SSSR count). The Morgan fingerprint density at radius 1 is 1.00 bits per heavy atom. The second-order valence-corrected chi connectivity index (χ2v) is 4.62. The molecule has 2 N–H and O–H groups in total. The molecule has 0 unspecified atom stereocenters. The summed E-state index contributed by atoms with van der Waals surface area (Å²) < 4.78 is 0. The van der Waals surface area contributed by atoms with Gasteiger partial charge in [0.25, 0.3) is 0 Å². The van der Waals surface area contributed by atoms with Crippen LogP contribution in [0.15, 0.2) is 24.3 Å². The number of unbranched alkanes of at least 4 members (excludes halogenated alkanes) is 3. The molecule has 0 aliphatic heterocycles. The van der Waals surface area contributed by atoms with Gasteiger partial charge in [-0.25, -0.2) is 0 Å². The zero-order valence-corrected chi connectivity index (χ0v) is 11.3. The number of rotatable bonds is 8. The minimum atomic E-state index is 0.829. The Balaban J connectivity index is 2.35. The third kappa shape index (κ3) is 5.22. The lowest BCUT2D eigenvalue weighted by Gasteiger charge is -2.23. The number of hydrogen-bond acceptors (Lipinski definition) is 2. The van der Waals surface area contributed by atoms with Crippen LogP contribution in [-0.2, 0) is 0 Å². The molecule has 0 fully saturated rings. The maximum atomic E-state index is 5.49. The smallest absolute Gasteiger partial charge is 0.0366 e. The summed E-state index contributed by atoms with van der Waals surface area (Å²) in [5, 5.41) is 0. The largest absolute Gasteiger partial charge is 0.372 e. The van der Waals surface area contributed by atoms with Crippen molar-refractivity contribution in [3.05, 3.63) is 29.8 Å². The minimum absolute atomic E-state index is 0.829. The lowest BCUT2D eigenvalue weighted by molar-refractivity contribution is 0.633. The zero-order chi connectivity index (χ0) is 12.5. The maximum Gasteiger partial charge on any atom is 0.0366 e. The molecule has 96 valence electrons. The molecule has 0 aromatic heterocycles. The van der Waals surface area contributed by atoms with Crippen LogP contribution in [0.5, 0.6) is 0 Å². The van der Waals surface area contributed by atoms with Gasteiger partial charge in [0, 0.05) is 18.8 Å². The van der Waals surface area contributed by atoms with E-state index in [4.69, 9.17) is 5.73 Å². The Labute approximate surface area is 106 Å². The third-order valence-corrected chi connectivity index (χ3v) is 3.16. The Bertz CT molecular complexity index is 292. The summed E-state index contributed by atoms with van der Waals surface area (Å²) in [6, 6.07) is 8.82. The Morgan fingerprint density at radius 3 is 2.24 bits per heavy atom. The first kappa shape index (κ1) is 14.0. The highest BCUT2D eigenvalue weighted by Crippen LogP contribution is 2.15. The van der Waals surface area contributed by atoms with Gasteiger partial charge in [-0.1, -0.05) is 30.5 Å². The number of nitrogens with two attached hydrogens (primary N) is 1. The van der Waals surface area contributed by atoms with E-state index in [0.717, 1.165) is 26.1 Å². The first-order chi connectivity index (χ1) is 8.27. The fraction of sp³-hybridized carbons (Fsp3) is 0.600. The summed E-state index contributed by atoms with van der Waals surface area (Å²) in [6.45, 7) is 7.42. The highest BCUT2D eigenvalue weighted by atomic mass is 15.1. The molecule has 1 aromatic rings. The molecule has 2 heteroatoms. The van der Waals surface area contributed by atoms with Crippen molar-refractivity contribution in [1.29, 1.82) is 0 Å². The van der Waals surface area contributed by atoms with Crippen LogP contribution in [0.2, 0.25) is 0 Å². The van der Waals surface area contributed by atoms with Gasteiger partial charge in [0.15, 0.2) is 0 Å². The van der Waals surface area contributed by atoms with E-state index in [1.807, 2.05) is 0 Å². The minimum Gasteiger partial charge on any atom is -0.372 e. The van der Waals surface area contributed by atoms with E-state index in [0.29, 0.717) is 0 Å². The Hall–Kier alpha value is -1.02. The van der Waals surface area contributed by atoms with Crippen molar-refractivity contribution in [3.8, 4) is 0 Å². The van der Waals surface area contributed by atoms with Crippen LogP contribution in [0.3, 0.4) is 0 Å². The predicted octanol–water partition coefficient (Wildman–Crippen LogP) is 3.34. The molecular weight excluding hydrogens is 208 g/mol. The molecule has 0 spiro atoms. The van der Waals surface area contributed by atoms with Crippen LogP contribution >= 0.6 is 0 Å². The fourth-order valence-electron chi connectivity index (χ4n) is 2.03. The first-order valence-electron chi connectivity index (χ1n) is 6.79. The molecule has 0 radical (unpaired) electrons. The van der Waals surface area contributed by atoms with Crippen molar-refractivity contribution in [2.75, 3.05) is 24.5 Å². The van der Waals surface area contributed by atoms with Crippen LogP contribution < -0.4 is 10.6 Å². The van der Waals surface area contributed by atoms with Gasteiger partial charge >= 0.3 is 0 Å². The van der Waals surface area contributed by atoms with E-state index in [9.17, 15) is 0 Å². The molecular formula is C15H26N2. The van der Waals surface area contributed by atoms with Crippen molar-refractivity contribution in [2.24, 2.45) is 5.73 Å². The average molecular weight is 234 g/mol. The maximum absolute atomic E-state index is 5.49. The number of nitrogens with zero attached hydrogens (tertiary/aromatic N) is 1. The molecule has 0 aliphatic carbocycles. The lowest BCUT2D eigenvalue weighted by Crippen LogP contribution is -2.23. The Morgan fingerprint density at radius 2 is 1.65 bits per heavy atom. The monoisotopic (exact) mass is 234 g/mol. The number of aryl methyl sites for hydroxylation is 1. The highest BCUT2D eigenvalue weighted by Gasteiger charge is 2.02. The number of hydrogen-bond donors (Lipinski definition) is 1. The van der Waals surface area contributed by atoms with E-state index >= 15 is 0 Å². The second-order valence-electron chi connectivity index (χ2n) is 4.62. The van der Waals surface area contributed by atoms with E-state index < -0.39 is 0 Å². The third-order valence-electron chi connectivity index (χ3n) is 3.16. The van der Waals surface area contributed by atoms with Gasteiger partial charge in [-0.15, -0.1) is 0 Å². The molecule has 0 heterocycles. The molecule has 1 aromatic carbocycles. The van der Waals surface area contributed by atoms with E-state index in [1.165, 1.54) is 30.5 Å². The van der Waals surface area contributed by atoms with Crippen LogP contribution in [0.4, 0.5) is 5.69 Å². The van der Waals surface area contributed by atoms with Crippen molar-refractivity contribution in [3.63, 3.8) is 0 Å². The van der Waals surface area contributed by atoms with Crippen LogP contribution in [0.1, 0.15) is 38.2 Å². The highest BCUT2D eigenvalue weighted by molar-refractivity contribution is 5.47. The Kier molecular flexibility index (Phi) is 6.71. The van der Waals surface area contributed by atoms with Gasteiger partial charge in [-0.2, -0.15) is 0 Å². The molecule has 0 amide bonds. The quantitative estimate of drug-likeness (QED) is 0.699. The topological polar surface area (TPSA) is 29.3 Å². The summed E-state index contributed by atoms with van der Waals surface area (Å²) in [4.78, 5) is 2.45. The van der Waals surface area contributed by atoms with Crippen molar-refractivity contribution >= 4 is 5.69 Å². The SMILES string of the molecule is CCN(CCCCCCN)c1ccc(C)cc1. The average Bonchev–Trinajstić information content (AvgIpc) is 2.35. The molecule has 0 saturated carbocycles. The zero-order valence-electron chi connectivity index (χ0n) is 11.3. The number of benzene rings is 1. The van der Waals surface area contributed by atoms with Crippen LogP contribution in [-0.4, -0.2) is 19.6 Å². The van der Waals surface area contributed by atoms with Gasteiger partial charge in [0.2, 0.25) is 0 Å². The molecule has 17 heavy (non-hydrogen) atoms. The van der Waals surface area contributed by atoms with Gasteiger partial charge in [0.05, 0.1) is 0 Å². The normalized spacial score (nSPS) is 10.5. The van der Waals surface area contributed by atoms with Crippen LogP contribution in [0.25, 0.3) is 0 Å². The van der Waals surface area contributed by atoms with Gasteiger partial charge < -0.3 is 10.6 Å². The predicted molar refractivity (Wildman–Crippen MR) is 76.6 cm³/mol. The van der Waals surface area contributed by atoms with Gasteiger partial charge in [0.1, 0.15) is 0 Å². The summed E-state index contributed by atoms with van der Waals surface area (Å²) in [6.07, 6.45) is 4.99. The lowest BCUT2D eigenvalue weighted by atomic mass is 10.1. The summed E-state index contributed by atoms with van der Waals surface area (Å²) in [5.74, 6) is 0. The van der Waals surface area contributed by atoms with E-state index in [2.05, 4.69) is 43.0 Å². The van der Waals surface area contributed by atoms with Gasteiger partial charge in [-0.05, 0) is 45.4 Å².